The van der Waals surface area contributed by atoms with Crippen molar-refractivity contribution in [1.82, 2.24) is 10.2 Å². The third-order valence-corrected chi connectivity index (χ3v) is 1.91. The number of carbonyl (C=O) groups is 1. The molecule has 0 aliphatic rings. The number of aromatic nitrogens is 2. The van der Waals surface area contributed by atoms with Crippen LogP contribution in [0.15, 0.2) is 15.7 Å². The van der Waals surface area contributed by atoms with Crippen LogP contribution in [0, 0.1) is 0 Å². The first-order valence-corrected chi connectivity index (χ1v) is 4.31. The maximum absolute atomic E-state index is 11.2. The smallest absolute Gasteiger partial charge is 0.306 e. The van der Waals surface area contributed by atoms with E-state index in [0.29, 0.717) is 0 Å². The number of carboxylic acids is 1. The van der Waals surface area contributed by atoms with Gasteiger partial charge in [-0.2, -0.15) is 0 Å². The van der Waals surface area contributed by atoms with Crippen molar-refractivity contribution in [2.75, 3.05) is 0 Å². The van der Waals surface area contributed by atoms with Gasteiger partial charge in [0, 0.05) is 6.07 Å². The Morgan fingerprint density at radius 2 is 1.94 bits per heavy atom. The minimum absolute atomic E-state index is 0.377. The lowest BCUT2D eigenvalue weighted by molar-refractivity contribution is -0.141. The highest BCUT2D eigenvalue weighted by molar-refractivity contribution is 5.67. The van der Waals surface area contributed by atoms with Gasteiger partial charge in [-0.3, -0.25) is 24.6 Å². The van der Waals surface area contributed by atoms with E-state index in [1.165, 1.54) is 0 Å². The highest BCUT2D eigenvalue weighted by Gasteiger charge is 2.23. The van der Waals surface area contributed by atoms with Gasteiger partial charge in [0.15, 0.2) is 0 Å². The second kappa shape index (κ2) is 4.73. The highest BCUT2D eigenvalue weighted by atomic mass is 16.4. The molecule has 0 aliphatic carbocycles. The lowest BCUT2D eigenvalue weighted by atomic mass is 10.0. The van der Waals surface area contributed by atoms with E-state index in [1.54, 1.807) is 0 Å². The number of hydrogen-bond acceptors (Lipinski definition) is 5. The van der Waals surface area contributed by atoms with Crippen molar-refractivity contribution >= 4 is 5.97 Å². The molecule has 8 heteroatoms. The highest BCUT2D eigenvalue weighted by Crippen LogP contribution is 2.13. The van der Waals surface area contributed by atoms with Crippen LogP contribution >= 0.6 is 0 Å². The second-order valence-electron chi connectivity index (χ2n) is 3.15. The second-order valence-corrected chi connectivity index (χ2v) is 3.15. The van der Waals surface area contributed by atoms with Gasteiger partial charge in [-0.25, -0.2) is 0 Å². The first kappa shape index (κ1) is 12.1. The maximum Gasteiger partial charge on any atom is 0.306 e. The Morgan fingerprint density at radius 3 is 2.50 bits per heavy atom. The fraction of sp³-hybridized carbons (Fsp3) is 0.375. The molecule has 8 nitrogen and oxygen atoms in total. The van der Waals surface area contributed by atoms with E-state index in [4.69, 9.17) is 5.11 Å². The predicted molar refractivity (Wildman–Crippen MR) is 50.9 cm³/mol. The van der Waals surface area contributed by atoms with Gasteiger partial charge in [0.2, 0.25) is 0 Å². The molecule has 88 valence electrons. The van der Waals surface area contributed by atoms with Crippen LogP contribution in [0.25, 0.3) is 0 Å². The van der Waals surface area contributed by atoms with E-state index in [0.717, 1.165) is 6.07 Å². The number of aromatic amines is 2. The molecule has 0 aliphatic heterocycles. The molecule has 0 radical (unpaired) electrons. The SMILES string of the molecule is O=C(O)CC(O)C(O)c1cc(=O)[nH][nH]c1=O. The molecule has 0 fully saturated rings. The van der Waals surface area contributed by atoms with E-state index in [9.17, 15) is 24.6 Å². The minimum atomic E-state index is -1.72. The number of rotatable bonds is 4. The standard InChI is InChI=1S/C8H10N2O6/c11-4(2-6(13)14)7(15)3-1-5(12)9-10-8(3)16/h1,4,7,11,15H,2H2,(H,9,12)(H,10,16)(H,13,14). The van der Waals surface area contributed by atoms with Crippen molar-refractivity contribution < 1.29 is 20.1 Å². The van der Waals surface area contributed by atoms with Gasteiger partial charge in [0.25, 0.3) is 11.1 Å². The molecule has 1 aromatic heterocycles. The van der Waals surface area contributed by atoms with E-state index < -0.39 is 35.7 Å². The fourth-order valence-corrected chi connectivity index (χ4v) is 1.15. The van der Waals surface area contributed by atoms with E-state index in [-0.39, 0.29) is 5.56 Å². The van der Waals surface area contributed by atoms with Gasteiger partial charge >= 0.3 is 5.97 Å². The van der Waals surface area contributed by atoms with Crippen LogP contribution in [0.1, 0.15) is 18.1 Å². The van der Waals surface area contributed by atoms with Gasteiger partial charge in [-0.15, -0.1) is 0 Å². The third kappa shape index (κ3) is 2.78. The molecule has 1 rings (SSSR count). The van der Waals surface area contributed by atoms with Crippen molar-refractivity contribution in [3.63, 3.8) is 0 Å². The van der Waals surface area contributed by atoms with Crippen molar-refractivity contribution in [3.05, 3.63) is 32.3 Å². The van der Waals surface area contributed by atoms with Crippen molar-refractivity contribution in [2.24, 2.45) is 0 Å². The summed E-state index contributed by atoms with van der Waals surface area (Å²) in [5, 5.41) is 31.0. The van der Waals surface area contributed by atoms with Gasteiger partial charge in [0.05, 0.1) is 18.1 Å². The summed E-state index contributed by atoms with van der Waals surface area (Å²) in [5.74, 6) is -1.33. The number of aliphatic carboxylic acids is 1. The quantitative estimate of drug-likeness (QED) is 0.402. The van der Waals surface area contributed by atoms with Crippen molar-refractivity contribution in [3.8, 4) is 0 Å². The predicted octanol–water partition coefficient (Wildman–Crippen LogP) is -2.07. The van der Waals surface area contributed by atoms with Gasteiger partial charge < -0.3 is 15.3 Å². The zero-order valence-electron chi connectivity index (χ0n) is 8.01. The average molecular weight is 230 g/mol. The summed E-state index contributed by atoms with van der Waals surface area (Å²) in [5.41, 5.74) is -1.84. The summed E-state index contributed by atoms with van der Waals surface area (Å²) >= 11 is 0. The molecule has 0 aromatic carbocycles. The summed E-state index contributed by atoms with van der Waals surface area (Å²) in [7, 11) is 0. The monoisotopic (exact) mass is 230 g/mol. The Labute approximate surface area is 88.2 Å². The van der Waals surface area contributed by atoms with Crippen LogP contribution in [0.4, 0.5) is 0 Å². The first-order chi connectivity index (χ1) is 7.41. The van der Waals surface area contributed by atoms with Gasteiger partial charge in [-0.05, 0) is 0 Å². The number of H-pyrrole nitrogens is 2. The largest absolute Gasteiger partial charge is 0.481 e. The summed E-state index contributed by atoms with van der Waals surface area (Å²) in [6, 6.07) is 0.800. The Bertz CT molecular complexity index is 490. The van der Waals surface area contributed by atoms with Crippen molar-refractivity contribution in [2.45, 2.75) is 18.6 Å². The molecular formula is C8H10N2O6. The van der Waals surface area contributed by atoms with Crippen molar-refractivity contribution in [1.29, 1.82) is 0 Å². The zero-order valence-corrected chi connectivity index (χ0v) is 8.01. The number of aliphatic hydroxyl groups is 2. The van der Waals surface area contributed by atoms with Crippen LogP contribution < -0.4 is 11.1 Å². The molecule has 0 amide bonds. The average Bonchev–Trinajstić information content (AvgIpc) is 2.19. The summed E-state index contributed by atoms with van der Waals surface area (Å²) in [4.78, 5) is 32.3. The fourth-order valence-electron chi connectivity index (χ4n) is 1.15. The van der Waals surface area contributed by atoms with E-state index >= 15 is 0 Å². The summed E-state index contributed by atoms with van der Waals surface area (Å²) < 4.78 is 0. The third-order valence-electron chi connectivity index (χ3n) is 1.91. The van der Waals surface area contributed by atoms with Crippen LogP contribution in [0.5, 0.6) is 0 Å². The first-order valence-electron chi connectivity index (χ1n) is 4.31. The van der Waals surface area contributed by atoms with Crippen LogP contribution in [0.2, 0.25) is 0 Å². The molecule has 2 atom stereocenters. The Morgan fingerprint density at radius 1 is 1.31 bits per heavy atom. The molecule has 1 heterocycles. The Balaban J connectivity index is 2.99. The van der Waals surface area contributed by atoms with E-state index in [2.05, 4.69) is 0 Å². The van der Waals surface area contributed by atoms with E-state index in [1.807, 2.05) is 10.2 Å². The lowest BCUT2D eigenvalue weighted by Crippen LogP contribution is -2.30. The normalized spacial score (nSPS) is 14.4. The zero-order chi connectivity index (χ0) is 12.3. The lowest BCUT2D eigenvalue weighted by Gasteiger charge is -2.14. The van der Waals surface area contributed by atoms with Crippen LogP contribution in [-0.4, -0.2) is 37.6 Å². The molecule has 0 spiro atoms. The van der Waals surface area contributed by atoms with Gasteiger partial charge in [-0.1, -0.05) is 0 Å². The number of aliphatic hydroxyl groups excluding tert-OH is 2. The summed E-state index contributed by atoms with van der Waals surface area (Å²) in [6.45, 7) is 0. The van der Waals surface area contributed by atoms with Crippen LogP contribution in [0.3, 0.4) is 0 Å². The molecule has 1 aromatic rings. The maximum atomic E-state index is 11.2. The van der Waals surface area contributed by atoms with Crippen LogP contribution in [-0.2, 0) is 4.79 Å². The molecule has 0 saturated carbocycles. The Hall–Kier alpha value is -1.93. The molecule has 0 bridgehead atoms. The topological polar surface area (TPSA) is 143 Å². The summed E-state index contributed by atoms with van der Waals surface area (Å²) in [6.07, 6.45) is -4.10. The minimum Gasteiger partial charge on any atom is -0.481 e. The van der Waals surface area contributed by atoms with Gasteiger partial charge in [0.1, 0.15) is 6.10 Å². The number of nitrogens with one attached hydrogen (secondary N) is 2. The molecular weight excluding hydrogens is 220 g/mol. The molecule has 5 N–H and O–H groups in total. The Kier molecular flexibility index (Phi) is 3.59. The number of hydrogen-bond donors (Lipinski definition) is 5. The molecule has 0 saturated heterocycles. The molecule has 2 unspecified atom stereocenters. The molecule has 16 heavy (non-hydrogen) atoms. The number of carboxylic acid groups (broad SMARTS) is 1.